The first-order valence-electron chi connectivity index (χ1n) is 5.60. The number of rotatable bonds is 2. The molecule has 0 saturated carbocycles. The van der Waals surface area contributed by atoms with E-state index in [2.05, 4.69) is 20.2 Å². The first kappa shape index (κ1) is 10.7. The van der Waals surface area contributed by atoms with Crippen molar-refractivity contribution in [2.75, 3.05) is 31.2 Å². The summed E-state index contributed by atoms with van der Waals surface area (Å²) >= 11 is 1.67. The first-order valence-corrected chi connectivity index (χ1v) is 6.48. The average Bonchev–Trinajstić information content (AvgIpc) is 2.98. The number of hydrogen-bond acceptors (Lipinski definition) is 5. The SMILES string of the molecule is Cn1ccnc1-c1csc(N2CCOCC2)n1. The second kappa shape index (κ2) is 4.46. The highest BCUT2D eigenvalue weighted by Gasteiger charge is 2.16. The molecule has 1 fully saturated rings. The van der Waals surface area contributed by atoms with E-state index in [1.54, 1.807) is 17.5 Å². The van der Waals surface area contributed by atoms with Crippen molar-refractivity contribution in [1.82, 2.24) is 14.5 Å². The molecule has 0 atom stereocenters. The fourth-order valence-corrected chi connectivity index (χ4v) is 2.74. The van der Waals surface area contributed by atoms with E-state index in [0.717, 1.165) is 43.0 Å². The molecule has 0 aliphatic carbocycles. The van der Waals surface area contributed by atoms with Crippen molar-refractivity contribution in [3.8, 4) is 11.5 Å². The van der Waals surface area contributed by atoms with Gasteiger partial charge in [0.2, 0.25) is 0 Å². The molecule has 17 heavy (non-hydrogen) atoms. The Morgan fingerprint density at radius 2 is 2.18 bits per heavy atom. The zero-order chi connectivity index (χ0) is 11.7. The highest BCUT2D eigenvalue weighted by atomic mass is 32.1. The molecule has 1 saturated heterocycles. The minimum Gasteiger partial charge on any atom is -0.378 e. The van der Waals surface area contributed by atoms with Crippen LogP contribution < -0.4 is 4.90 Å². The van der Waals surface area contributed by atoms with E-state index in [9.17, 15) is 0 Å². The first-order chi connectivity index (χ1) is 8.34. The monoisotopic (exact) mass is 250 g/mol. The number of thiazole rings is 1. The number of ether oxygens (including phenoxy) is 1. The van der Waals surface area contributed by atoms with Crippen LogP contribution in [0.3, 0.4) is 0 Å². The molecule has 0 unspecified atom stereocenters. The normalized spacial score (nSPS) is 16.4. The molecule has 3 rings (SSSR count). The van der Waals surface area contributed by atoms with Crippen LogP contribution in [0.5, 0.6) is 0 Å². The molecule has 0 bridgehead atoms. The highest BCUT2D eigenvalue weighted by Crippen LogP contribution is 2.26. The van der Waals surface area contributed by atoms with Crippen molar-refractivity contribution in [2.24, 2.45) is 7.05 Å². The van der Waals surface area contributed by atoms with E-state index in [0.29, 0.717) is 0 Å². The van der Waals surface area contributed by atoms with Crippen LogP contribution in [0.4, 0.5) is 5.13 Å². The summed E-state index contributed by atoms with van der Waals surface area (Å²) in [5, 5.41) is 3.12. The van der Waals surface area contributed by atoms with E-state index in [4.69, 9.17) is 4.74 Å². The van der Waals surface area contributed by atoms with E-state index < -0.39 is 0 Å². The standard InChI is InChI=1S/C11H14N4OS/c1-14-3-2-12-10(14)9-8-17-11(13-9)15-4-6-16-7-5-15/h2-3,8H,4-7H2,1H3. The van der Waals surface area contributed by atoms with E-state index in [1.807, 2.05) is 17.8 Å². The van der Waals surface area contributed by atoms with Gasteiger partial charge in [-0.25, -0.2) is 9.97 Å². The van der Waals surface area contributed by atoms with Gasteiger partial charge >= 0.3 is 0 Å². The lowest BCUT2D eigenvalue weighted by Gasteiger charge is -2.25. The van der Waals surface area contributed by atoms with Gasteiger partial charge in [-0.1, -0.05) is 0 Å². The van der Waals surface area contributed by atoms with Crippen LogP contribution in [-0.2, 0) is 11.8 Å². The second-order valence-electron chi connectivity index (χ2n) is 3.98. The van der Waals surface area contributed by atoms with Crippen LogP contribution in [0.25, 0.3) is 11.5 Å². The van der Waals surface area contributed by atoms with Gasteiger partial charge in [0.05, 0.1) is 13.2 Å². The summed E-state index contributed by atoms with van der Waals surface area (Å²) in [6.45, 7) is 3.43. The smallest absolute Gasteiger partial charge is 0.186 e. The second-order valence-corrected chi connectivity index (χ2v) is 4.81. The van der Waals surface area contributed by atoms with Gasteiger partial charge in [-0.2, -0.15) is 0 Å². The van der Waals surface area contributed by atoms with Gasteiger partial charge in [0, 0.05) is 37.9 Å². The number of anilines is 1. The van der Waals surface area contributed by atoms with Crippen molar-refractivity contribution >= 4 is 16.5 Å². The Kier molecular flexibility index (Phi) is 2.82. The summed E-state index contributed by atoms with van der Waals surface area (Å²) in [7, 11) is 1.98. The van der Waals surface area contributed by atoms with Gasteiger partial charge < -0.3 is 14.2 Å². The maximum Gasteiger partial charge on any atom is 0.186 e. The Balaban J connectivity index is 1.85. The fourth-order valence-electron chi connectivity index (χ4n) is 1.88. The summed E-state index contributed by atoms with van der Waals surface area (Å²) in [5.74, 6) is 0.917. The summed E-state index contributed by atoms with van der Waals surface area (Å²) in [4.78, 5) is 11.2. The molecule has 0 amide bonds. The average molecular weight is 250 g/mol. The van der Waals surface area contributed by atoms with Gasteiger partial charge in [0.1, 0.15) is 5.69 Å². The summed E-state index contributed by atoms with van der Waals surface area (Å²) in [6.07, 6.45) is 3.73. The van der Waals surface area contributed by atoms with Gasteiger partial charge in [-0.15, -0.1) is 11.3 Å². The van der Waals surface area contributed by atoms with Crippen LogP contribution in [0.15, 0.2) is 17.8 Å². The lowest BCUT2D eigenvalue weighted by atomic mass is 10.4. The fraction of sp³-hybridized carbons (Fsp3) is 0.455. The number of aromatic nitrogens is 3. The minimum absolute atomic E-state index is 0.789. The lowest BCUT2D eigenvalue weighted by Crippen LogP contribution is -2.36. The molecule has 0 radical (unpaired) electrons. The lowest BCUT2D eigenvalue weighted by molar-refractivity contribution is 0.122. The number of imidazole rings is 1. The number of hydrogen-bond donors (Lipinski definition) is 0. The number of morpholine rings is 1. The molecule has 0 spiro atoms. The molecule has 1 aliphatic heterocycles. The Hall–Kier alpha value is -1.40. The predicted molar refractivity (Wildman–Crippen MR) is 67.3 cm³/mol. The van der Waals surface area contributed by atoms with Crippen molar-refractivity contribution in [3.63, 3.8) is 0 Å². The Morgan fingerprint density at radius 3 is 2.88 bits per heavy atom. The van der Waals surface area contributed by atoms with Crippen molar-refractivity contribution < 1.29 is 4.74 Å². The third-order valence-electron chi connectivity index (χ3n) is 2.82. The predicted octanol–water partition coefficient (Wildman–Crippen LogP) is 1.38. The third-order valence-corrected chi connectivity index (χ3v) is 3.73. The number of nitrogens with zero attached hydrogens (tertiary/aromatic N) is 4. The molecule has 90 valence electrons. The van der Waals surface area contributed by atoms with Crippen LogP contribution >= 0.6 is 11.3 Å². The van der Waals surface area contributed by atoms with E-state index >= 15 is 0 Å². The Morgan fingerprint density at radius 1 is 1.35 bits per heavy atom. The molecular formula is C11H14N4OS. The molecule has 2 aromatic heterocycles. The van der Waals surface area contributed by atoms with E-state index in [1.165, 1.54) is 0 Å². The molecule has 2 aromatic rings. The van der Waals surface area contributed by atoms with Crippen LogP contribution in [0, 0.1) is 0 Å². The van der Waals surface area contributed by atoms with Gasteiger partial charge in [0.25, 0.3) is 0 Å². The van der Waals surface area contributed by atoms with Gasteiger partial charge in [-0.3, -0.25) is 0 Å². The van der Waals surface area contributed by atoms with Crippen LogP contribution in [0.1, 0.15) is 0 Å². The maximum absolute atomic E-state index is 5.34. The molecule has 3 heterocycles. The molecule has 0 N–H and O–H groups in total. The molecule has 1 aliphatic rings. The van der Waals surface area contributed by atoms with Crippen molar-refractivity contribution in [1.29, 1.82) is 0 Å². The Bertz CT molecular complexity index is 501. The quantitative estimate of drug-likeness (QED) is 0.807. The van der Waals surface area contributed by atoms with Crippen molar-refractivity contribution in [3.05, 3.63) is 17.8 Å². The molecular weight excluding hydrogens is 236 g/mol. The molecule has 5 nitrogen and oxygen atoms in total. The molecule has 0 aromatic carbocycles. The number of aryl methyl sites for hydroxylation is 1. The topological polar surface area (TPSA) is 43.2 Å². The van der Waals surface area contributed by atoms with Crippen LogP contribution in [0.2, 0.25) is 0 Å². The summed E-state index contributed by atoms with van der Waals surface area (Å²) in [5.41, 5.74) is 0.948. The van der Waals surface area contributed by atoms with Crippen LogP contribution in [-0.4, -0.2) is 40.8 Å². The zero-order valence-electron chi connectivity index (χ0n) is 9.67. The van der Waals surface area contributed by atoms with Gasteiger partial charge in [0.15, 0.2) is 11.0 Å². The summed E-state index contributed by atoms with van der Waals surface area (Å²) in [6, 6.07) is 0. The minimum atomic E-state index is 0.789. The molecule has 6 heteroatoms. The summed E-state index contributed by atoms with van der Waals surface area (Å²) < 4.78 is 7.32. The zero-order valence-corrected chi connectivity index (χ0v) is 10.5. The maximum atomic E-state index is 5.34. The Labute approximate surface area is 104 Å². The van der Waals surface area contributed by atoms with Crippen molar-refractivity contribution in [2.45, 2.75) is 0 Å². The largest absolute Gasteiger partial charge is 0.378 e. The van der Waals surface area contributed by atoms with Gasteiger partial charge in [-0.05, 0) is 0 Å². The van der Waals surface area contributed by atoms with E-state index in [-0.39, 0.29) is 0 Å². The highest BCUT2D eigenvalue weighted by molar-refractivity contribution is 7.14. The third kappa shape index (κ3) is 2.05.